The quantitative estimate of drug-likeness (QED) is 0.365. The van der Waals surface area contributed by atoms with Crippen LogP contribution in [0, 0.1) is 18.3 Å². The molecule has 3 aromatic heterocycles. The lowest BCUT2D eigenvalue weighted by atomic mass is 9.89. The van der Waals surface area contributed by atoms with Crippen LogP contribution in [0.2, 0.25) is 0 Å². The molecule has 38 heavy (non-hydrogen) atoms. The first kappa shape index (κ1) is 24.1. The summed E-state index contributed by atoms with van der Waals surface area (Å²) in [6.45, 7) is 2.35. The second-order valence-corrected chi connectivity index (χ2v) is 11.9. The van der Waals surface area contributed by atoms with Gasteiger partial charge in [-0.1, -0.05) is 12.1 Å². The lowest BCUT2D eigenvalue weighted by Gasteiger charge is -2.48. The van der Waals surface area contributed by atoms with E-state index in [1.165, 1.54) is 4.31 Å². The molecule has 1 saturated heterocycles. The van der Waals surface area contributed by atoms with Crippen molar-refractivity contribution in [3.63, 3.8) is 0 Å². The molecule has 192 valence electrons. The number of benzene rings is 1. The van der Waals surface area contributed by atoms with Crippen molar-refractivity contribution in [3.8, 4) is 28.6 Å². The Morgan fingerprint density at radius 1 is 1.08 bits per heavy atom. The van der Waals surface area contributed by atoms with Crippen molar-refractivity contribution in [3.05, 3.63) is 67.0 Å². The third-order valence-electron chi connectivity index (χ3n) is 6.87. The lowest BCUT2D eigenvalue weighted by molar-refractivity contribution is 0.0716. The van der Waals surface area contributed by atoms with E-state index < -0.39 is 15.6 Å². The molecule has 0 amide bonds. The Morgan fingerprint density at radius 3 is 2.58 bits per heavy atom. The standard InChI is InChI=1S/C26H25N9O2S/c1-18-28-11-7-23(31-18)19-3-2-4-21(13-19)32-25-29-12-8-24(33-25)20-14-30-35(15-20)26(9-10-27)16-34(17-26)38(36,37)22-5-6-22/h2-4,7-8,11-15,22H,5-6,9,16-17H2,1H3,(H,29,32,33). The first-order valence-electron chi connectivity index (χ1n) is 12.3. The summed E-state index contributed by atoms with van der Waals surface area (Å²) in [6.07, 6.45) is 8.50. The molecule has 1 aliphatic heterocycles. The molecule has 6 rings (SSSR count). The van der Waals surface area contributed by atoms with Crippen LogP contribution in [-0.4, -0.2) is 60.8 Å². The number of nitrogens with zero attached hydrogens (tertiary/aromatic N) is 8. The molecule has 4 heterocycles. The molecule has 0 unspecified atom stereocenters. The summed E-state index contributed by atoms with van der Waals surface area (Å²) in [5, 5.41) is 16.9. The molecule has 2 aliphatic rings. The van der Waals surface area contributed by atoms with Crippen molar-refractivity contribution >= 4 is 21.7 Å². The normalized spacial score (nSPS) is 16.9. The molecule has 0 radical (unpaired) electrons. The zero-order valence-electron chi connectivity index (χ0n) is 20.7. The van der Waals surface area contributed by atoms with Crippen molar-refractivity contribution in [1.29, 1.82) is 5.26 Å². The van der Waals surface area contributed by atoms with Crippen LogP contribution in [0.25, 0.3) is 22.5 Å². The minimum Gasteiger partial charge on any atom is -0.324 e. The molecule has 11 nitrogen and oxygen atoms in total. The van der Waals surface area contributed by atoms with Crippen LogP contribution in [-0.2, 0) is 15.6 Å². The molecular formula is C26H25N9O2S. The summed E-state index contributed by atoms with van der Waals surface area (Å²) in [4.78, 5) is 17.7. The van der Waals surface area contributed by atoms with E-state index in [2.05, 4.69) is 36.4 Å². The number of anilines is 2. The zero-order valence-corrected chi connectivity index (χ0v) is 21.5. The summed E-state index contributed by atoms with van der Waals surface area (Å²) in [5.41, 5.74) is 3.31. The third kappa shape index (κ3) is 4.51. The van der Waals surface area contributed by atoms with Crippen molar-refractivity contribution in [2.45, 2.75) is 37.0 Å². The summed E-state index contributed by atoms with van der Waals surface area (Å²) in [7, 11) is -3.28. The molecule has 2 fully saturated rings. The van der Waals surface area contributed by atoms with Gasteiger partial charge >= 0.3 is 0 Å². The van der Waals surface area contributed by atoms with E-state index in [1.54, 1.807) is 29.3 Å². The van der Waals surface area contributed by atoms with Crippen LogP contribution in [0.1, 0.15) is 25.1 Å². The smallest absolute Gasteiger partial charge is 0.227 e. The number of hydrogen-bond acceptors (Lipinski definition) is 9. The number of rotatable bonds is 8. The highest BCUT2D eigenvalue weighted by atomic mass is 32.2. The fourth-order valence-electron chi connectivity index (χ4n) is 4.65. The predicted molar refractivity (Wildman–Crippen MR) is 140 cm³/mol. The SMILES string of the molecule is Cc1nccc(-c2cccc(Nc3nccc(-c4cnn(C5(CC#N)CN(S(=O)(=O)C6CC6)C5)c4)n3)c2)n1. The Hall–Kier alpha value is -4.21. The molecule has 4 aromatic rings. The second-order valence-electron chi connectivity index (χ2n) is 9.71. The molecule has 1 saturated carbocycles. The Labute approximate surface area is 220 Å². The fraction of sp³-hybridized carbons (Fsp3) is 0.308. The first-order valence-corrected chi connectivity index (χ1v) is 13.8. The fourth-order valence-corrected chi connectivity index (χ4v) is 6.64. The van der Waals surface area contributed by atoms with Gasteiger partial charge in [0.25, 0.3) is 0 Å². The topological polar surface area (TPSA) is 143 Å². The average molecular weight is 528 g/mol. The number of aromatic nitrogens is 6. The number of nitriles is 1. The van der Waals surface area contributed by atoms with Gasteiger partial charge in [-0.05, 0) is 44.0 Å². The van der Waals surface area contributed by atoms with Crippen LogP contribution < -0.4 is 5.32 Å². The molecule has 0 spiro atoms. The van der Waals surface area contributed by atoms with Gasteiger partial charge in [0.1, 0.15) is 11.4 Å². The maximum Gasteiger partial charge on any atom is 0.227 e. The molecular weight excluding hydrogens is 502 g/mol. The summed E-state index contributed by atoms with van der Waals surface area (Å²) in [5.74, 6) is 1.12. The summed E-state index contributed by atoms with van der Waals surface area (Å²) in [6, 6.07) is 13.7. The Kier molecular flexibility index (Phi) is 5.89. The van der Waals surface area contributed by atoms with E-state index in [-0.39, 0.29) is 24.8 Å². The zero-order chi connectivity index (χ0) is 26.3. The van der Waals surface area contributed by atoms with Crippen LogP contribution in [0.15, 0.2) is 61.2 Å². The van der Waals surface area contributed by atoms with E-state index in [0.717, 1.165) is 22.5 Å². The van der Waals surface area contributed by atoms with Gasteiger partial charge in [0.2, 0.25) is 16.0 Å². The van der Waals surface area contributed by atoms with E-state index in [9.17, 15) is 13.7 Å². The maximum atomic E-state index is 12.6. The number of sulfonamides is 1. The number of nitrogens with one attached hydrogen (secondary N) is 1. The monoisotopic (exact) mass is 527 g/mol. The molecule has 1 aliphatic carbocycles. The van der Waals surface area contributed by atoms with E-state index in [0.29, 0.717) is 30.3 Å². The minimum atomic E-state index is -3.28. The highest BCUT2D eigenvalue weighted by molar-refractivity contribution is 7.90. The van der Waals surface area contributed by atoms with Crippen LogP contribution in [0.5, 0.6) is 0 Å². The van der Waals surface area contributed by atoms with Crippen LogP contribution in [0.4, 0.5) is 11.6 Å². The van der Waals surface area contributed by atoms with Crippen molar-refractivity contribution in [2.75, 3.05) is 18.4 Å². The van der Waals surface area contributed by atoms with E-state index in [1.807, 2.05) is 43.5 Å². The first-order chi connectivity index (χ1) is 18.4. The van der Waals surface area contributed by atoms with Crippen molar-refractivity contribution in [2.24, 2.45) is 0 Å². The highest BCUT2D eigenvalue weighted by Gasteiger charge is 2.53. The van der Waals surface area contributed by atoms with Crippen molar-refractivity contribution in [1.82, 2.24) is 34.0 Å². The average Bonchev–Trinajstić information content (AvgIpc) is 3.64. The third-order valence-corrected chi connectivity index (χ3v) is 9.16. The Balaban J connectivity index is 1.21. The number of hydrogen-bond donors (Lipinski definition) is 1. The van der Waals surface area contributed by atoms with Crippen LogP contribution in [0.3, 0.4) is 0 Å². The summed E-state index contributed by atoms with van der Waals surface area (Å²) >= 11 is 0. The van der Waals surface area contributed by atoms with Crippen molar-refractivity contribution < 1.29 is 8.42 Å². The maximum absolute atomic E-state index is 12.6. The van der Waals surface area contributed by atoms with Crippen LogP contribution >= 0.6 is 0 Å². The molecule has 0 atom stereocenters. The largest absolute Gasteiger partial charge is 0.324 e. The molecule has 1 N–H and O–H groups in total. The van der Waals surface area contributed by atoms with Gasteiger partial charge in [-0.15, -0.1) is 0 Å². The molecule has 0 bridgehead atoms. The Bertz CT molecular complexity index is 1650. The lowest BCUT2D eigenvalue weighted by Crippen LogP contribution is -2.64. The van der Waals surface area contributed by atoms with Gasteiger partial charge in [0.15, 0.2) is 0 Å². The Morgan fingerprint density at radius 2 is 1.84 bits per heavy atom. The minimum absolute atomic E-state index is 0.170. The highest BCUT2D eigenvalue weighted by Crippen LogP contribution is 2.40. The molecule has 1 aromatic carbocycles. The van der Waals surface area contributed by atoms with Gasteiger partial charge in [-0.2, -0.15) is 14.7 Å². The summed E-state index contributed by atoms with van der Waals surface area (Å²) < 4.78 is 28.4. The van der Waals surface area contributed by atoms with Gasteiger partial charge in [-0.3, -0.25) is 4.68 Å². The predicted octanol–water partition coefficient (Wildman–Crippen LogP) is 3.27. The van der Waals surface area contributed by atoms with Gasteiger partial charge in [0, 0.05) is 48.5 Å². The number of aryl methyl sites for hydroxylation is 1. The van der Waals surface area contributed by atoms with E-state index in [4.69, 9.17) is 0 Å². The van der Waals surface area contributed by atoms with Gasteiger partial charge in [0.05, 0.1) is 35.3 Å². The van der Waals surface area contributed by atoms with E-state index >= 15 is 0 Å². The second kappa shape index (κ2) is 9.27. The van der Waals surface area contributed by atoms with Gasteiger partial charge in [-0.25, -0.2) is 28.4 Å². The molecule has 12 heteroatoms. The van der Waals surface area contributed by atoms with Gasteiger partial charge < -0.3 is 5.32 Å².